The maximum atomic E-state index is 12.5. The van der Waals surface area contributed by atoms with E-state index in [2.05, 4.69) is 29.0 Å². The Morgan fingerprint density at radius 2 is 1.95 bits per heavy atom. The van der Waals surface area contributed by atoms with Gasteiger partial charge in [-0.05, 0) is 44.6 Å². The molecule has 1 aliphatic carbocycles. The van der Waals surface area contributed by atoms with Crippen molar-refractivity contribution in [1.29, 1.82) is 0 Å². The Morgan fingerprint density at radius 3 is 2.57 bits per heavy atom. The number of carbonyl (C=O) groups is 1. The fourth-order valence-electron chi connectivity index (χ4n) is 4.40. The number of piperidine rings is 1. The van der Waals surface area contributed by atoms with E-state index in [-0.39, 0.29) is 5.92 Å². The van der Waals surface area contributed by atoms with Gasteiger partial charge >= 0.3 is 0 Å². The van der Waals surface area contributed by atoms with Crippen LogP contribution in [0.2, 0.25) is 0 Å². The molecule has 2 fully saturated rings. The summed E-state index contributed by atoms with van der Waals surface area (Å²) in [7, 11) is 4.00. The number of allylic oxidation sites excluding steroid dienone is 2. The van der Waals surface area contributed by atoms with E-state index in [1.807, 2.05) is 0 Å². The summed E-state index contributed by atoms with van der Waals surface area (Å²) in [5.74, 6) is 0.612. The lowest BCUT2D eigenvalue weighted by Gasteiger charge is -2.40. The molecule has 21 heavy (non-hydrogen) atoms. The molecule has 3 rings (SSSR count). The number of methoxy groups -OCH3 is 1. The highest BCUT2D eigenvalue weighted by atomic mass is 16.5. The molecule has 2 saturated heterocycles. The first-order chi connectivity index (χ1) is 10.1. The zero-order chi connectivity index (χ0) is 14.9. The van der Waals surface area contributed by atoms with Crippen molar-refractivity contribution in [2.24, 2.45) is 11.3 Å². The van der Waals surface area contributed by atoms with E-state index in [0.717, 1.165) is 51.9 Å². The lowest BCUT2D eigenvalue weighted by Crippen LogP contribution is -2.45. The smallest absolute Gasteiger partial charge is 0.226 e. The predicted octanol–water partition coefficient (Wildman–Crippen LogP) is 1.91. The molecule has 0 aromatic heterocycles. The maximum absolute atomic E-state index is 12.5. The van der Waals surface area contributed by atoms with Crippen LogP contribution >= 0.6 is 0 Å². The first kappa shape index (κ1) is 15.0. The third kappa shape index (κ3) is 3.02. The van der Waals surface area contributed by atoms with Crippen LogP contribution in [0.4, 0.5) is 0 Å². The van der Waals surface area contributed by atoms with E-state index in [1.165, 1.54) is 6.42 Å². The van der Waals surface area contributed by atoms with Crippen LogP contribution in [0.3, 0.4) is 0 Å². The minimum atomic E-state index is 0.228. The predicted molar refractivity (Wildman–Crippen MR) is 83.0 cm³/mol. The second kappa shape index (κ2) is 6.09. The molecule has 4 nitrogen and oxygen atoms in total. The lowest BCUT2D eigenvalue weighted by molar-refractivity contribution is -0.137. The number of hydrogen-bond acceptors (Lipinski definition) is 3. The van der Waals surface area contributed by atoms with Crippen LogP contribution in [0.5, 0.6) is 0 Å². The van der Waals surface area contributed by atoms with Crippen molar-refractivity contribution in [2.75, 3.05) is 40.4 Å². The van der Waals surface area contributed by atoms with Crippen molar-refractivity contribution in [3.05, 3.63) is 12.2 Å². The Morgan fingerprint density at radius 1 is 1.29 bits per heavy atom. The maximum Gasteiger partial charge on any atom is 0.226 e. The van der Waals surface area contributed by atoms with Crippen LogP contribution < -0.4 is 0 Å². The Kier molecular flexibility index (Phi) is 4.36. The SMILES string of the molecule is COCC1CC2(CCN(C(=O)C3CC=CC3)CC2)CN1C. The summed E-state index contributed by atoms with van der Waals surface area (Å²) in [6.07, 6.45) is 9.72. The van der Waals surface area contributed by atoms with Crippen LogP contribution in [0.15, 0.2) is 12.2 Å². The van der Waals surface area contributed by atoms with Crippen LogP contribution in [-0.2, 0) is 9.53 Å². The van der Waals surface area contributed by atoms with Crippen molar-refractivity contribution in [3.63, 3.8) is 0 Å². The standard InChI is InChI=1S/C17H28N2O2/c1-18-13-17(11-15(18)12-21-2)7-9-19(10-8-17)16(20)14-5-3-4-6-14/h3-4,14-15H,5-13H2,1-2H3. The number of amides is 1. The molecule has 1 spiro atoms. The van der Waals surface area contributed by atoms with Gasteiger partial charge in [-0.2, -0.15) is 0 Å². The van der Waals surface area contributed by atoms with Crippen LogP contribution in [0, 0.1) is 11.3 Å². The molecule has 0 aromatic carbocycles. The highest BCUT2D eigenvalue weighted by molar-refractivity contribution is 5.79. The van der Waals surface area contributed by atoms with Gasteiger partial charge in [0.1, 0.15) is 0 Å². The quantitative estimate of drug-likeness (QED) is 0.745. The number of likely N-dealkylation sites (tertiary alicyclic amines) is 2. The number of nitrogens with zero attached hydrogens (tertiary/aromatic N) is 2. The number of rotatable bonds is 3. The average molecular weight is 292 g/mol. The molecule has 1 unspecified atom stereocenters. The molecule has 4 heteroatoms. The van der Waals surface area contributed by atoms with Crippen LogP contribution in [0.1, 0.15) is 32.1 Å². The van der Waals surface area contributed by atoms with Crippen molar-refractivity contribution in [3.8, 4) is 0 Å². The fourth-order valence-corrected chi connectivity index (χ4v) is 4.40. The van der Waals surface area contributed by atoms with E-state index >= 15 is 0 Å². The lowest BCUT2D eigenvalue weighted by atomic mass is 9.76. The minimum Gasteiger partial charge on any atom is -0.383 e. The van der Waals surface area contributed by atoms with Gasteiger partial charge in [0, 0.05) is 38.7 Å². The Labute approximate surface area is 128 Å². The summed E-state index contributed by atoms with van der Waals surface area (Å²) in [6.45, 7) is 3.88. The third-order valence-electron chi connectivity index (χ3n) is 5.73. The number of ether oxygens (including phenoxy) is 1. The molecule has 2 aliphatic heterocycles. The number of likely N-dealkylation sites (N-methyl/N-ethyl adjacent to an activating group) is 1. The molecular formula is C17H28N2O2. The van der Waals surface area contributed by atoms with Crippen molar-refractivity contribution >= 4 is 5.91 Å². The first-order valence-electron chi connectivity index (χ1n) is 8.26. The summed E-state index contributed by atoms with van der Waals surface area (Å²) in [4.78, 5) is 17.1. The molecule has 0 saturated carbocycles. The molecule has 2 heterocycles. The summed E-state index contributed by atoms with van der Waals surface area (Å²) in [6, 6.07) is 0.552. The van der Waals surface area contributed by atoms with E-state index in [9.17, 15) is 4.79 Å². The largest absolute Gasteiger partial charge is 0.383 e. The number of hydrogen-bond donors (Lipinski definition) is 0. The molecule has 0 bridgehead atoms. The van der Waals surface area contributed by atoms with Gasteiger partial charge in [-0.1, -0.05) is 12.2 Å². The van der Waals surface area contributed by atoms with Gasteiger partial charge in [-0.15, -0.1) is 0 Å². The zero-order valence-electron chi connectivity index (χ0n) is 13.4. The van der Waals surface area contributed by atoms with Gasteiger partial charge < -0.3 is 14.5 Å². The molecule has 0 radical (unpaired) electrons. The summed E-state index contributed by atoms with van der Waals surface area (Å²) in [5.41, 5.74) is 0.419. The summed E-state index contributed by atoms with van der Waals surface area (Å²) in [5, 5.41) is 0. The summed E-state index contributed by atoms with van der Waals surface area (Å²) < 4.78 is 5.34. The number of carbonyl (C=O) groups excluding carboxylic acids is 1. The van der Waals surface area contributed by atoms with E-state index in [0.29, 0.717) is 17.4 Å². The Balaban J connectivity index is 1.54. The second-order valence-electron chi connectivity index (χ2n) is 7.19. The Hall–Kier alpha value is -0.870. The molecule has 0 aromatic rings. The van der Waals surface area contributed by atoms with Gasteiger partial charge in [-0.25, -0.2) is 0 Å². The van der Waals surface area contributed by atoms with Crippen molar-refractivity contribution in [2.45, 2.75) is 38.1 Å². The Bertz CT molecular complexity index is 405. The molecule has 0 N–H and O–H groups in total. The zero-order valence-corrected chi connectivity index (χ0v) is 13.4. The average Bonchev–Trinajstić information content (AvgIpc) is 3.09. The van der Waals surface area contributed by atoms with E-state index in [1.54, 1.807) is 7.11 Å². The van der Waals surface area contributed by atoms with Gasteiger partial charge in [0.05, 0.1) is 6.61 Å². The van der Waals surface area contributed by atoms with Gasteiger partial charge in [0.2, 0.25) is 5.91 Å². The van der Waals surface area contributed by atoms with Crippen molar-refractivity contribution < 1.29 is 9.53 Å². The van der Waals surface area contributed by atoms with Gasteiger partial charge in [0.25, 0.3) is 0 Å². The second-order valence-corrected chi connectivity index (χ2v) is 7.19. The molecule has 1 amide bonds. The van der Waals surface area contributed by atoms with E-state index in [4.69, 9.17) is 4.74 Å². The highest BCUT2D eigenvalue weighted by Gasteiger charge is 2.45. The van der Waals surface area contributed by atoms with E-state index < -0.39 is 0 Å². The molecule has 118 valence electrons. The normalized spacial score (nSPS) is 29.6. The van der Waals surface area contributed by atoms with Crippen molar-refractivity contribution in [1.82, 2.24) is 9.80 Å². The van der Waals surface area contributed by atoms with Gasteiger partial charge in [0.15, 0.2) is 0 Å². The summed E-state index contributed by atoms with van der Waals surface area (Å²) >= 11 is 0. The molecular weight excluding hydrogens is 264 g/mol. The monoisotopic (exact) mass is 292 g/mol. The third-order valence-corrected chi connectivity index (χ3v) is 5.73. The topological polar surface area (TPSA) is 32.8 Å². The van der Waals surface area contributed by atoms with Crippen LogP contribution in [0.25, 0.3) is 0 Å². The highest BCUT2D eigenvalue weighted by Crippen LogP contribution is 2.43. The first-order valence-corrected chi connectivity index (χ1v) is 8.26. The minimum absolute atomic E-state index is 0.228. The fraction of sp³-hybridized carbons (Fsp3) is 0.824. The van der Waals surface area contributed by atoms with Gasteiger partial charge in [-0.3, -0.25) is 4.79 Å². The molecule has 1 atom stereocenters. The molecule has 3 aliphatic rings. The van der Waals surface area contributed by atoms with Crippen LogP contribution in [-0.4, -0.2) is 62.1 Å².